The first-order valence-corrected chi connectivity index (χ1v) is 8.57. The highest BCUT2D eigenvalue weighted by Gasteiger charge is 2.28. The van der Waals surface area contributed by atoms with Gasteiger partial charge in [0.15, 0.2) is 0 Å². The van der Waals surface area contributed by atoms with Crippen molar-refractivity contribution in [3.63, 3.8) is 0 Å². The lowest BCUT2D eigenvalue weighted by Crippen LogP contribution is -2.41. The average molecular weight is 311 g/mol. The summed E-state index contributed by atoms with van der Waals surface area (Å²) in [7, 11) is 1.43. The van der Waals surface area contributed by atoms with E-state index in [1.165, 1.54) is 20.0 Å². The molecule has 126 valence electrons. The number of hydrogen-bond donors (Lipinski definition) is 1. The molecule has 0 unspecified atom stereocenters. The van der Waals surface area contributed by atoms with Crippen molar-refractivity contribution in [3.05, 3.63) is 0 Å². The van der Waals surface area contributed by atoms with Crippen LogP contribution in [0.25, 0.3) is 0 Å². The molecule has 2 fully saturated rings. The Balaban J connectivity index is 1.62. The molecule has 0 radical (unpaired) electrons. The van der Waals surface area contributed by atoms with E-state index in [1.54, 1.807) is 0 Å². The van der Waals surface area contributed by atoms with Crippen LogP contribution in [-0.2, 0) is 19.1 Å². The summed E-state index contributed by atoms with van der Waals surface area (Å²) in [5.74, 6) is 0.549. The van der Waals surface area contributed by atoms with Gasteiger partial charge in [0.2, 0.25) is 5.91 Å². The number of nitrogens with one attached hydrogen (secondary N) is 1. The average Bonchev–Trinajstić information content (AvgIpc) is 2.53. The first-order chi connectivity index (χ1) is 10.6. The maximum Gasteiger partial charge on any atom is 0.308 e. The number of carbonyl (C=O) groups excluding carboxylic acids is 2. The Labute approximate surface area is 133 Å². The molecule has 0 saturated heterocycles. The minimum Gasteiger partial charge on any atom is -0.469 e. The molecule has 5 nitrogen and oxygen atoms in total. The predicted molar refractivity (Wildman–Crippen MR) is 83.3 cm³/mol. The molecule has 1 amide bonds. The molecular weight excluding hydrogens is 282 g/mol. The van der Waals surface area contributed by atoms with Crippen LogP contribution in [0.15, 0.2) is 0 Å². The van der Waals surface area contributed by atoms with E-state index in [0.29, 0.717) is 5.92 Å². The molecule has 2 rings (SSSR count). The molecule has 0 aromatic heterocycles. The zero-order valence-corrected chi connectivity index (χ0v) is 13.8. The third-order valence-corrected chi connectivity index (χ3v) is 4.97. The smallest absolute Gasteiger partial charge is 0.308 e. The van der Waals surface area contributed by atoms with Gasteiger partial charge >= 0.3 is 5.97 Å². The van der Waals surface area contributed by atoms with Crippen LogP contribution < -0.4 is 5.32 Å². The number of hydrogen-bond acceptors (Lipinski definition) is 4. The van der Waals surface area contributed by atoms with Crippen molar-refractivity contribution in [2.45, 2.75) is 70.4 Å². The summed E-state index contributed by atoms with van der Waals surface area (Å²) >= 11 is 0. The molecule has 1 N–H and O–H groups in total. The third kappa shape index (κ3) is 5.27. The molecule has 0 aromatic carbocycles. The van der Waals surface area contributed by atoms with Crippen LogP contribution in [0.3, 0.4) is 0 Å². The standard InChI is InChI=1S/C17H29NO4/c1-12-4-3-5-15(10-12)22-11-16(19)18-14-8-6-13(7-9-14)17(20)21-2/h12-15H,3-11H2,1-2H3,(H,18,19)/t12-,13?,14?,15-/m0/s1. The van der Waals surface area contributed by atoms with Crippen molar-refractivity contribution in [1.82, 2.24) is 5.32 Å². The van der Waals surface area contributed by atoms with Gasteiger partial charge in [-0.2, -0.15) is 0 Å². The van der Waals surface area contributed by atoms with E-state index in [4.69, 9.17) is 9.47 Å². The number of rotatable bonds is 5. The predicted octanol–water partition coefficient (Wildman–Crippen LogP) is 2.43. The number of ether oxygens (including phenoxy) is 2. The van der Waals surface area contributed by atoms with E-state index in [9.17, 15) is 9.59 Å². The second-order valence-electron chi connectivity index (χ2n) is 6.84. The lowest BCUT2D eigenvalue weighted by Gasteiger charge is -2.29. The Kier molecular flexibility index (Phi) is 6.68. The van der Waals surface area contributed by atoms with Gasteiger partial charge < -0.3 is 14.8 Å². The number of esters is 1. The second kappa shape index (κ2) is 8.51. The van der Waals surface area contributed by atoms with E-state index in [-0.39, 0.29) is 36.5 Å². The molecule has 0 heterocycles. The Bertz CT molecular complexity index is 377. The lowest BCUT2D eigenvalue weighted by molar-refractivity contribution is -0.146. The molecule has 0 aromatic rings. The molecule has 5 heteroatoms. The summed E-state index contributed by atoms with van der Waals surface area (Å²) in [5.41, 5.74) is 0. The molecule has 2 aliphatic carbocycles. The highest BCUT2D eigenvalue weighted by atomic mass is 16.5. The summed E-state index contributed by atoms with van der Waals surface area (Å²) in [5, 5.41) is 3.03. The number of amides is 1. The fraction of sp³-hybridized carbons (Fsp3) is 0.882. The van der Waals surface area contributed by atoms with Gasteiger partial charge in [-0.05, 0) is 44.4 Å². The summed E-state index contributed by atoms with van der Waals surface area (Å²) < 4.78 is 10.5. The first-order valence-electron chi connectivity index (χ1n) is 8.57. The minimum absolute atomic E-state index is 0.00173. The largest absolute Gasteiger partial charge is 0.469 e. The highest BCUT2D eigenvalue weighted by Crippen LogP contribution is 2.26. The topological polar surface area (TPSA) is 64.6 Å². The van der Waals surface area contributed by atoms with Gasteiger partial charge in [0, 0.05) is 6.04 Å². The fourth-order valence-electron chi connectivity index (χ4n) is 3.63. The monoisotopic (exact) mass is 311 g/mol. The molecule has 2 aliphatic rings. The lowest BCUT2D eigenvalue weighted by atomic mass is 9.86. The van der Waals surface area contributed by atoms with Crippen molar-refractivity contribution < 1.29 is 19.1 Å². The van der Waals surface area contributed by atoms with Crippen LogP contribution >= 0.6 is 0 Å². The Morgan fingerprint density at radius 1 is 1.09 bits per heavy atom. The van der Waals surface area contributed by atoms with Gasteiger partial charge in [0.25, 0.3) is 0 Å². The zero-order chi connectivity index (χ0) is 15.9. The third-order valence-electron chi connectivity index (χ3n) is 4.97. The molecular formula is C17H29NO4. The van der Waals surface area contributed by atoms with Gasteiger partial charge in [0.1, 0.15) is 6.61 Å². The minimum atomic E-state index is -0.125. The van der Waals surface area contributed by atoms with Crippen molar-refractivity contribution in [2.75, 3.05) is 13.7 Å². The first kappa shape index (κ1) is 17.3. The Hall–Kier alpha value is -1.10. The van der Waals surface area contributed by atoms with E-state index >= 15 is 0 Å². The van der Waals surface area contributed by atoms with Crippen LogP contribution in [0, 0.1) is 11.8 Å². The van der Waals surface area contributed by atoms with Gasteiger partial charge in [0.05, 0.1) is 19.1 Å². The van der Waals surface area contributed by atoms with Gasteiger partial charge in [-0.25, -0.2) is 0 Å². The molecule has 2 saturated carbocycles. The number of carbonyl (C=O) groups is 2. The zero-order valence-electron chi connectivity index (χ0n) is 13.8. The number of methoxy groups -OCH3 is 1. The second-order valence-corrected chi connectivity index (χ2v) is 6.84. The Morgan fingerprint density at radius 3 is 2.45 bits per heavy atom. The highest BCUT2D eigenvalue weighted by molar-refractivity contribution is 5.77. The van der Waals surface area contributed by atoms with E-state index < -0.39 is 0 Å². The quantitative estimate of drug-likeness (QED) is 0.792. The van der Waals surface area contributed by atoms with Crippen molar-refractivity contribution in [3.8, 4) is 0 Å². The van der Waals surface area contributed by atoms with E-state index in [1.807, 2.05) is 0 Å². The molecule has 0 aliphatic heterocycles. The van der Waals surface area contributed by atoms with E-state index in [0.717, 1.165) is 38.5 Å². The molecule has 22 heavy (non-hydrogen) atoms. The maximum atomic E-state index is 12.0. The van der Waals surface area contributed by atoms with Crippen LogP contribution in [0.2, 0.25) is 0 Å². The molecule has 0 spiro atoms. The van der Waals surface area contributed by atoms with Crippen LogP contribution in [0.4, 0.5) is 0 Å². The fourth-order valence-corrected chi connectivity index (χ4v) is 3.63. The van der Waals surface area contributed by atoms with Crippen molar-refractivity contribution >= 4 is 11.9 Å². The van der Waals surface area contributed by atoms with Crippen molar-refractivity contribution in [1.29, 1.82) is 0 Å². The molecule has 0 bridgehead atoms. The van der Waals surface area contributed by atoms with Crippen LogP contribution in [0.1, 0.15) is 58.3 Å². The molecule has 2 atom stereocenters. The van der Waals surface area contributed by atoms with Crippen LogP contribution in [-0.4, -0.2) is 37.7 Å². The summed E-state index contributed by atoms with van der Waals surface area (Å²) in [6.45, 7) is 2.41. The Morgan fingerprint density at radius 2 is 1.82 bits per heavy atom. The van der Waals surface area contributed by atoms with Crippen molar-refractivity contribution in [2.24, 2.45) is 11.8 Å². The van der Waals surface area contributed by atoms with Gasteiger partial charge in [-0.1, -0.05) is 19.8 Å². The van der Waals surface area contributed by atoms with Gasteiger partial charge in [-0.15, -0.1) is 0 Å². The normalized spacial score (nSPS) is 32.3. The van der Waals surface area contributed by atoms with Gasteiger partial charge in [-0.3, -0.25) is 9.59 Å². The summed E-state index contributed by atoms with van der Waals surface area (Å²) in [4.78, 5) is 23.4. The summed E-state index contributed by atoms with van der Waals surface area (Å²) in [6, 6.07) is 0.169. The van der Waals surface area contributed by atoms with Crippen LogP contribution in [0.5, 0.6) is 0 Å². The maximum absolute atomic E-state index is 12.0. The summed E-state index contributed by atoms with van der Waals surface area (Å²) in [6.07, 6.45) is 8.11. The van der Waals surface area contributed by atoms with E-state index in [2.05, 4.69) is 12.2 Å². The SMILES string of the molecule is COC(=O)C1CCC(NC(=O)CO[C@H]2CCC[C@H](C)C2)CC1.